The first-order valence-electron chi connectivity index (χ1n) is 9.48. The van der Waals surface area contributed by atoms with Gasteiger partial charge in [0.2, 0.25) is 17.6 Å². The van der Waals surface area contributed by atoms with E-state index in [0.29, 0.717) is 5.82 Å². The Morgan fingerprint density at radius 3 is 2.58 bits per heavy atom. The largest absolute Gasteiger partial charge is 0.453 e. The summed E-state index contributed by atoms with van der Waals surface area (Å²) in [6.45, 7) is 0. The summed E-state index contributed by atoms with van der Waals surface area (Å²) in [7, 11) is 0. The molecule has 0 bridgehead atoms. The second-order valence-corrected chi connectivity index (χ2v) is 7.54. The molecule has 1 amide bonds. The van der Waals surface area contributed by atoms with Gasteiger partial charge in [0, 0.05) is 30.3 Å². The van der Waals surface area contributed by atoms with E-state index in [4.69, 9.17) is 0 Å². The first-order valence-corrected chi connectivity index (χ1v) is 9.48. The SMILES string of the molecule is O=C1Cc2c(nc(-c3nc4c(CCC(F)(F)C(F)(F)F)nccn4n3)nc2C2CC2)N1. The molecule has 0 radical (unpaired) electrons. The molecule has 2 aliphatic rings. The summed E-state index contributed by atoms with van der Waals surface area (Å²) in [6, 6.07) is 0. The minimum Gasteiger partial charge on any atom is -0.310 e. The highest BCUT2D eigenvalue weighted by Crippen LogP contribution is 2.43. The van der Waals surface area contributed by atoms with Crippen molar-refractivity contribution in [3.05, 3.63) is 29.3 Å². The topological polar surface area (TPSA) is 98.0 Å². The highest BCUT2D eigenvalue weighted by Gasteiger charge is 2.56. The van der Waals surface area contributed by atoms with Gasteiger partial charge in [-0.1, -0.05) is 0 Å². The van der Waals surface area contributed by atoms with E-state index in [1.165, 1.54) is 16.9 Å². The summed E-state index contributed by atoms with van der Waals surface area (Å²) in [5.41, 5.74) is 1.48. The molecule has 5 rings (SSSR count). The van der Waals surface area contributed by atoms with Crippen LogP contribution >= 0.6 is 0 Å². The van der Waals surface area contributed by atoms with E-state index >= 15 is 0 Å². The molecule has 162 valence electrons. The molecule has 31 heavy (non-hydrogen) atoms. The second-order valence-electron chi connectivity index (χ2n) is 7.54. The van der Waals surface area contributed by atoms with Crippen molar-refractivity contribution in [3.63, 3.8) is 0 Å². The number of hydrogen-bond acceptors (Lipinski definition) is 6. The Labute approximate surface area is 170 Å². The molecule has 0 atom stereocenters. The van der Waals surface area contributed by atoms with E-state index < -0.39 is 24.9 Å². The third-order valence-electron chi connectivity index (χ3n) is 5.22. The van der Waals surface area contributed by atoms with Gasteiger partial charge in [0.15, 0.2) is 5.65 Å². The summed E-state index contributed by atoms with van der Waals surface area (Å²) in [5.74, 6) is -4.23. The van der Waals surface area contributed by atoms with E-state index in [2.05, 4.69) is 30.4 Å². The molecule has 0 aromatic carbocycles. The van der Waals surface area contributed by atoms with Crippen LogP contribution in [0.3, 0.4) is 0 Å². The molecule has 3 aromatic heterocycles. The minimum atomic E-state index is -5.64. The van der Waals surface area contributed by atoms with Gasteiger partial charge in [0.05, 0.1) is 17.8 Å². The normalized spacial score (nSPS) is 16.6. The third kappa shape index (κ3) is 3.47. The van der Waals surface area contributed by atoms with E-state index in [0.717, 1.165) is 24.1 Å². The molecule has 1 fully saturated rings. The van der Waals surface area contributed by atoms with Crippen molar-refractivity contribution in [2.45, 2.75) is 50.1 Å². The van der Waals surface area contributed by atoms with Crippen molar-refractivity contribution < 1.29 is 26.7 Å². The van der Waals surface area contributed by atoms with E-state index in [9.17, 15) is 26.7 Å². The third-order valence-corrected chi connectivity index (χ3v) is 5.22. The van der Waals surface area contributed by atoms with E-state index in [1.807, 2.05) is 0 Å². The fourth-order valence-corrected chi connectivity index (χ4v) is 3.47. The molecule has 3 aromatic rings. The van der Waals surface area contributed by atoms with Crippen molar-refractivity contribution in [3.8, 4) is 11.6 Å². The van der Waals surface area contributed by atoms with Crippen molar-refractivity contribution in [2.75, 3.05) is 5.32 Å². The zero-order chi connectivity index (χ0) is 22.0. The maximum Gasteiger partial charge on any atom is 0.453 e. The standard InChI is InChI=1S/C18H14F5N7O/c19-17(20,18(21,22)23)4-3-10-16-28-15(29-30(16)6-5-24-10)14-26-12(8-1-2-8)9-7-11(31)25-13(9)27-14/h5-6,8H,1-4,7H2,(H,25,26,27,31). The summed E-state index contributed by atoms with van der Waals surface area (Å²) >= 11 is 0. The number of aromatic nitrogens is 6. The van der Waals surface area contributed by atoms with Gasteiger partial charge in [-0.15, -0.1) is 5.10 Å². The number of fused-ring (bicyclic) bond motifs is 2. The first kappa shape index (κ1) is 19.7. The van der Waals surface area contributed by atoms with Crippen molar-refractivity contribution in [1.29, 1.82) is 0 Å². The van der Waals surface area contributed by atoms with E-state index in [-0.39, 0.29) is 41.2 Å². The Hall–Kier alpha value is -3.25. The van der Waals surface area contributed by atoms with Crippen LogP contribution in [-0.4, -0.2) is 47.6 Å². The number of anilines is 1. The van der Waals surface area contributed by atoms with Crippen LogP contribution in [0.5, 0.6) is 0 Å². The zero-order valence-corrected chi connectivity index (χ0v) is 15.7. The maximum atomic E-state index is 13.3. The molecule has 1 N–H and O–H groups in total. The van der Waals surface area contributed by atoms with Crippen LogP contribution in [0.25, 0.3) is 17.3 Å². The fourth-order valence-electron chi connectivity index (χ4n) is 3.47. The number of nitrogens with one attached hydrogen (secondary N) is 1. The van der Waals surface area contributed by atoms with Crippen LogP contribution in [-0.2, 0) is 17.6 Å². The minimum absolute atomic E-state index is 0.0385. The fraction of sp³-hybridized carbons (Fsp3) is 0.444. The molecule has 1 saturated carbocycles. The summed E-state index contributed by atoms with van der Waals surface area (Å²) in [4.78, 5) is 28.8. The van der Waals surface area contributed by atoms with Gasteiger partial charge in [0.25, 0.3) is 0 Å². The average Bonchev–Trinajstić information content (AvgIpc) is 3.32. The number of alkyl halides is 5. The van der Waals surface area contributed by atoms with Crippen LogP contribution < -0.4 is 5.32 Å². The number of nitrogens with zero attached hydrogens (tertiary/aromatic N) is 6. The van der Waals surface area contributed by atoms with Gasteiger partial charge in [-0.2, -0.15) is 22.0 Å². The maximum absolute atomic E-state index is 13.3. The monoisotopic (exact) mass is 439 g/mol. The molecule has 4 heterocycles. The number of carbonyl (C=O) groups is 1. The van der Waals surface area contributed by atoms with Gasteiger partial charge in [0.1, 0.15) is 5.82 Å². The van der Waals surface area contributed by atoms with Gasteiger partial charge >= 0.3 is 12.1 Å². The second kappa shape index (κ2) is 6.62. The lowest BCUT2D eigenvalue weighted by Crippen LogP contribution is -2.36. The van der Waals surface area contributed by atoms with Crippen molar-refractivity contribution in [1.82, 2.24) is 29.5 Å². The Morgan fingerprint density at radius 1 is 1.10 bits per heavy atom. The lowest BCUT2D eigenvalue weighted by molar-refractivity contribution is -0.284. The Bertz CT molecular complexity index is 1200. The smallest absolute Gasteiger partial charge is 0.310 e. The molecule has 0 saturated heterocycles. The lowest BCUT2D eigenvalue weighted by Gasteiger charge is -2.18. The van der Waals surface area contributed by atoms with Gasteiger partial charge in [-0.3, -0.25) is 9.78 Å². The molecule has 13 heteroatoms. The number of hydrogen-bond donors (Lipinski definition) is 1. The van der Waals surface area contributed by atoms with E-state index in [1.54, 1.807) is 0 Å². The summed E-state index contributed by atoms with van der Waals surface area (Å²) in [6.07, 6.45) is -3.03. The molecular weight excluding hydrogens is 425 g/mol. The van der Waals surface area contributed by atoms with Crippen LogP contribution in [0.15, 0.2) is 12.4 Å². The van der Waals surface area contributed by atoms with Gasteiger partial charge in [-0.05, 0) is 19.3 Å². The molecule has 0 spiro atoms. The molecule has 0 unspecified atom stereocenters. The Kier molecular flexibility index (Phi) is 4.21. The molecule has 8 nitrogen and oxygen atoms in total. The molecule has 1 aliphatic carbocycles. The number of carbonyl (C=O) groups excluding carboxylic acids is 1. The van der Waals surface area contributed by atoms with Gasteiger partial charge in [-0.25, -0.2) is 19.5 Å². The molecule has 1 aliphatic heterocycles. The number of halogens is 5. The predicted octanol–water partition coefficient (Wildman–Crippen LogP) is 3.08. The quantitative estimate of drug-likeness (QED) is 0.614. The van der Waals surface area contributed by atoms with Crippen LogP contribution in [0, 0.1) is 0 Å². The predicted molar refractivity (Wildman–Crippen MR) is 95.4 cm³/mol. The Morgan fingerprint density at radius 2 is 1.87 bits per heavy atom. The molecular formula is C18H14F5N7O. The number of aryl methyl sites for hydroxylation is 1. The van der Waals surface area contributed by atoms with Crippen LogP contribution in [0.2, 0.25) is 0 Å². The van der Waals surface area contributed by atoms with Crippen molar-refractivity contribution >= 4 is 17.4 Å². The Balaban J connectivity index is 1.50. The summed E-state index contributed by atoms with van der Waals surface area (Å²) in [5, 5.41) is 6.89. The highest BCUT2D eigenvalue weighted by atomic mass is 19.4. The zero-order valence-electron chi connectivity index (χ0n) is 15.7. The number of rotatable bonds is 5. The summed E-state index contributed by atoms with van der Waals surface area (Å²) < 4.78 is 65.3. The first-order chi connectivity index (χ1) is 14.6. The van der Waals surface area contributed by atoms with Gasteiger partial charge < -0.3 is 5.32 Å². The average molecular weight is 439 g/mol. The highest BCUT2D eigenvalue weighted by molar-refractivity contribution is 5.98. The number of amides is 1. The van der Waals surface area contributed by atoms with Crippen LogP contribution in [0.4, 0.5) is 27.8 Å². The lowest BCUT2D eigenvalue weighted by atomic mass is 10.1. The van der Waals surface area contributed by atoms with Crippen LogP contribution in [0.1, 0.15) is 42.1 Å². The van der Waals surface area contributed by atoms with Crippen molar-refractivity contribution in [2.24, 2.45) is 0 Å².